The first-order valence-corrected chi connectivity index (χ1v) is 7.51. The molecule has 4 rings (SSSR count). The van der Waals surface area contributed by atoms with Crippen LogP contribution in [-0.2, 0) is 6.42 Å². The highest BCUT2D eigenvalue weighted by atomic mass is 16.4. The average molecular weight is 289 g/mol. The first-order chi connectivity index (χ1) is 10.8. The van der Waals surface area contributed by atoms with Gasteiger partial charge >= 0.3 is 7.12 Å². The molecule has 108 valence electrons. The summed E-state index contributed by atoms with van der Waals surface area (Å²) in [6.45, 7) is 0. The van der Waals surface area contributed by atoms with Crippen molar-refractivity contribution in [3.63, 3.8) is 0 Å². The smallest absolute Gasteiger partial charge is 0.423 e. The van der Waals surface area contributed by atoms with Gasteiger partial charge in [0.2, 0.25) is 0 Å². The maximum absolute atomic E-state index is 9.43. The van der Waals surface area contributed by atoms with Crippen LogP contribution in [-0.4, -0.2) is 21.7 Å². The molecule has 22 heavy (non-hydrogen) atoms. The summed E-state index contributed by atoms with van der Waals surface area (Å²) >= 11 is 0. The molecule has 3 nitrogen and oxygen atoms in total. The highest BCUT2D eigenvalue weighted by Crippen LogP contribution is 2.33. The molecular formula is C18H16BNO2. The molecule has 2 aromatic carbocycles. The van der Waals surface area contributed by atoms with Gasteiger partial charge in [-0.3, -0.25) is 0 Å². The van der Waals surface area contributed by atoms with E-state index in [1.807, 2.05) is 24.3 Å². The van der Waals surface area contributed by atoms with Crippen LogP contribution < -0.4 is 5.46 Å². The monoisotopic (exact) mass is 289 g/mol. The van der Waals surface area contributed by atoms with Crippen molar-refractivity contribution in [3.05, 3.63) is 65.9 Å². The number of nitrogens with zero attached hydrogens (tertiary/aromatic N) is 1. The maximum Gasteiger partial charge on any atom is 0.488 e. The second-order valence-electron chi connectivity index (χ2n) is 5.62. The Hall–Kier alpha value is -2.30. The molecule has 3 aromatic rings. The lowest BCUT2D eigenvalue weighted by Crippen LogP contribution is -2.30. The summed E-state index contributed by atoms with van der Waals surface area (Å²) in [4.78, 5) is 0. The summed E-state index contributed by atoms with van der Waals surface area (Å²) in [7, 11) is -1.45. The van der Waals surface area contributed by atoms with Crippen LogP contribution in [0.3, 0.4) is 0 Å². The molecule has 0 spiro atoms. The second kappa shape index (κ2) is 5.16. The average Bonchev–Trinajstić information content (AvgIpc) is 2.89. The van der Waals surface area contributed by atoms with E-state index >= 15 is 0 Å². The Morgan fingerprint density at radius 2 is 1.86 bits per heavy atom. The van der Waals surface area contributed by atoms with Gasteiger partial charge in [0.15, 0.2) is 0 Å². The standard InChI is InChI=1S/C18H16BNO2/c21-19(22)13-6-5-7-14(12-13)20-17-10-3-1-8-15(17)16-9-2-4-11-18(16)20/h1-3,5-10,12,21-22H,4,11H2. The van der Waals surface area contributed by atoms with E-state index in [2.05, 4.69) is 34.9 Å². The molecule has 0 unspecified atom stereocenters. The van der Waals surface area contributed by atoms with E-state index in [1.54, 1.807) is 6.07 Å². The van der Waals surface area contributed by atoms with Gasteiger partial charge in [-0.1, -0.05) is 42.5 Å². The third-order valence-electron chi connectivity index (χ3n) is 4.27. The predicted molar refractivity (Wildman–Crippen MR) is 90.5 cm³/mol. The molecule has 0 amide bonds. The zero-order valence-electron chi connectivity index (χ0n) is 12.1. The molecule has 4 heteroatoms. The Labute approximate surface area is 129 Å². The van der Waals surface area contributed by atoms with Crippen LogP contribution in [0.4, 0.5) is 0 Å². The van der Waals surface area contributed by atoms with Crippen LogP contribution in [0.1, 0.15) is 17.7 Å². The van der Waals surface area contributed by atoms with E-state index in [4.69, 9.17) is 0 Å². The fourth-order valence-corrected chi connectivity index (χ4v) is 3.29. The van der Waals surface area contributed by atoms with Gasteiger partial charge in [0.25, 0.3) is 0 Å². The lowest BCUT2D eigenvalue weighted by atomic mass is 9.80. The molecule has 1 heterocycles. The Kier molecular flexibility index (Phi) is 3.14. The number of rotatable bonds is 2. The Morgan fingerprint density at radius 3 is 2.73 bits per heavy atom. The molecule has 0 radical (unpaired) electrons. The molecule has 0 fully saturated rings. The van der Waals surface area contributed by atoms with Gasteiger partial charge in [0.05, 0.1) is 5.52 Å². The fourth-order valence-electron chi connectivity index (χ4n) is 3.29. The van der Waals surface area contributed by atoms with E-state index in [9.17, 15) is 10.0 Å². The Morgan fingerprint density at radius 1 is 1.00 bits per heavy atom. The first-order valence-electron chi connectivity index (χ1n) is 7.51. The summed E-state index contributed by atoms with van der Waals surface area (Å²) in [6.07, 6.45) is 6.44. The molecule has 0 aliphatic heterocycles. The summed E-state index contributed by atoms with van der Waals surface area (Å²) in [5.41, 5.74) is 5.20. The van der Waals surface area contributed by atoms with Crippen molar-refractivity contribution >= 4 is 29.6 Å². The van der Waals surface area contributed by atoms with Crippen LogP contribution in [0.5, 0.6) is 0 Å². The van der Waals surface area contributed by atoms with Gasteiger partial charge in [-0.25, -0.2) is 0 Å². The minimum Gasteiger partial charge on any atom is -0.423 e. The van der Waals surface area contributed by atoms with Gasteiger partial charge in [0.1, 0.15) is 0 Å². The van der Waals surface area contributed by atoms with Crippen LogP contribution in [0.25, 0.3) is 22.7 Å². The van der Waals surface area contributed by atoms with Gasteiger partial charge in [-0.05, 0) is 36.5 Å². The normalized spacial score (nSPS) is 13.4. The first kappa shape index (κ1) is 13.4. The largest absolute Gasteiger partial charge is 0.488 e. The number of para-hydroxylation sites is 1. The fraction of sp³-hybridized carbons (Fsp3) is 0.111. The van der Waals surface area contributed by atoms with E-state index < -0.39 is 7.12 Å². The van der Waals surface area contributed by atoms with Crippen molar-refractivity contribution in [1.82, 2.24) is 4.57 Å². The number of hydrogen-bond donors (Lipinski definition) is 2. The second-order valence-corrected chi connectivity index (χ2v) is 5.62. The molecule has 0 bridgehead atoms. The van der Waals surface area contributed by atoms with Crippen molar-refractivity contribution < 1.29 is 10.0 Å². The number of aromatic nitrogens is 1. The van der Waals surface area contributed by atoms with Crippen LogP contribution in [0.2, 0.25) is 0 Å². The van der Waals surface area contributed by atoms with E-state index in [1.165, 1.54) is 16.6 Å². The Bertz CT molecular complexity index is 880. The van der Waals surface area contributed by atoms with Crippen LogP contribution >= 0.6 is 0 Å². The third kappa shape index (κ3) is 2.00. The van der Waals surface area contributed by atoms with Crippen molar-refractivity contribution in [1.29, 1.82) is 0 Å². The van der Waals surface area contributed by atoms with E-state index in [0.29, 0.717) is 5.46 Å². The molecule has 1 aromatic heterocycles. The van der Waals surface area contributed by atoms with E-state index in [-0.39, 0.29) is 0 Å². The number of benzene rings is 2. The molecule has 2 N–H and O–H groups in total. The zero-order valence-corrected chi connectivity index (χ0v) is 12.1. The molecule has 0 saturated heterocycles. The lowest BCUT2D eigenvalue weighted by Gasteiger charge is -2.14. The highest BCUT2D eigenvalue weighted by molar-refractivity contribution is 6.58. The van der Waals surface area contributed by atoms with Crippen molar-refractivity contribution in [2.24, 2.45) is 0 Å². The number of fused-ring (bicyclic) bond motifs is 3. The highest BCUT2D eigenvalue weighted by Gasteiger charge is 2.19. The molecule has 0 atom stereocenters. The Balaban J connectivity index is 2.03. The van der Waals surface area contributed by atoms with E-state index in [0.717, 1.165) is 24.0 Å². The minimum absolute atomic E-state index is 0.510. The van der Waals surface area contributed by atoms with Crippen molar-refractivity contribution in [2.75, 3.05) is 0 Å². The third-order valence-corrected chi connectivity index (χ3v) is 4.27. The topological polar surface area (TPSA) is 45.4 Å². The molecule has 1 aliphatic carbocycles. The quantitative estimate of drug-likeness (QED) is 0.711. The summed E-state index contributed by atoms with van der Waals surface area (Å²) in [6, 6.07) is 15.8. The summed E-state index contributed by atoms with van der Waals surface area (Å²) in [5.74, 6) is 0. The summed E-state index contributed by atoms with van der Waals surface area (Å²) < 4.78 is 2.24. The number of hydrogen-bond acceptors (Lipinski definition) is 2. The van der Waals surface area contributed by atoms with Crippen LogP contribution in [0.15, 0.2) is 54.6 Å². The minimum atomic E-state index is -1.45. The van der Waals surface area contributed by atoms with Gasteiger partial charge in [-0.2, -0.15) is 0 Å². The molecule has 1 aliphatic rings. The van der Waals surface area contributed by atoms with Gasteiger partial charge in [-0.15, -0.1) is 0 Å². The number of allylic oxidation sites excluding steroid dienone is 1. The van der Waals surface area contributed by atoms with Crippen molar-refractivity contribution in [3.8, 4) is 5.69 Å². The van der Waals surface area contributed by atoms with Crippen LogP contribution in [0, 0.1) is 0 Å². The predicted octanol–water partition coefficient (Wildman–Crippen LogP) is 2.27. The van der Waals surface area contributed by atoms with Gasteiger partial charge < -0.3 is 14.6 Å². The maximum atomic E-state index is 9.43. The van der Waals surface area contributed by atoms with Crippen molar-refractivity contribution in [2.45, 2.75) is 12.8 Å². The summed E-state index contributed by atoms with van der Waals surface area (Å²) in [5, 5.41) is 20.1. The lowest BCUT2D eigenvalue weighted by molar-refractivity contribution is 0.426. The van der Waals surface area contributed by atoms with Gasteiger partial charge in [0, 0.05) is 22.3 Å². The molecule has 0 saturated carbocycles. The molecular weight excluding hydrogens is 273 g/mol. The SMILES string of the molecule is OB(O)c1cccc(-n2c3c(c4ccccc42)C=CCC3)c1. The zero-order chi connectivity index (χ0) is 15.1.